The third kappa shape index (κ3) is 5.44. The van der Waals surface area contributed by atoms with Crippen LogP contribution in [-0.4, -0.2) is 85.0 Å². The second-order valence-electron chi connectivity index (χ2n) is 8.08. The number of hydrogen-bond acceptors (Lipinski definition) is 4. The lowest BCUT2D eigenvalue weighted by Gasteiger charge is -2.36. The van der Waals surface area contributed by atoms with E-state index in [0.29, 0.717) is 12.6 Å². The SMILES string of the molecule is CC(C)CN1CCN(CC(=O)NC2CCN(C3CC3)CC2)CC1. The molecule has 0 unspecified atom stereocenters. The molecule has 0 aromatic carbocycles. The predicted octanol–water partition coefficient (Wildman–Crippen LogP) is 1.00. The molecule has 2 heterocycles. The van der Waals surface area contributed by atoms with E-state index in [9.17, 15) is 4.79 Å². The van der Waals surface area contributed by atoms with Crippen LogP contribution in [0.3, 0.4) is 0 Å². The summed E-state index contributed by atoms with van der Waals surface area (Å²) in [6.07, 6.45) is 5.04. The lowest BCUT2D eigenvalue weighted by molar-refractivity contribution is -0.123. The lowest BCUT2D eigenvalue weighted by Crippen LogP contribution is -2.52. The maximum absolute atomic E-state index is 12.3. The molecule has 0 spiro atoms. The van der Waals surface area contributed by atoms with E-state index >= 15 is 0 Å². The molecule has 2 aliphatic heterocycles. The second kappa shape index (κ2) is 7.95. The Balaban J connectivity index is 1.31. The molecule has 132 valence electrons. The largest absolute Gasteiger partial charge is 0.352 e. The van der Waals surface area contributed by atoms with Gasteiger partial charge in [-0.1, -0.05) is 13.8 Å². The number of piperazine rings is 1. The zero-order chi connectivity index (χ0) is 16.2. The molecule has 0 aromatic rings. The summed E-state index contributed by atoms with van der Waals surface area (Å²) in [5.41, 5.74) is 0. The fraction of sp³-hybridized carbons (Fsp3) is 0.944. The van der Waals surface area contributed by atoms with E-state index in [1.807, 2.05) is 0 Å². The molecule has 3 aliphatic rings. The van der Waals surface area contributed by atoms with Gasteiger partial charge in [-0.05, 0) is 31.6 Å². The molecule has 1 amide bonds. The van der Waals surface area contributed by atoms with Gasteiger partial charge in [0.25, 0.3) is 0 Å². The number of hydrogen-bond donors (Lipinski definition) is 1. The molecule has 23 heavy (non-hydrogen) atoms. The summed E-state index contributed by atoms with van der Waals surface area (Å²) in [5.74, 6) is 0.957. The Kier molecular flexibility index (Phi) is 5.94. The van der Waals surface area contributed by atoms with Gasteiger partial charge < -0.3 is 15.1 Å². The van der Waals surface area contributed by atoms with Crippen LogP contribution in [0, 0.1) is 5.92 Å². The van der Waals surface area contributed by atoms with Crippen molar-refractivity contribution < 1.29 is 4.79 Å². The van der Waals surface area contributed by atoms with Crippen LogP contribution in [0.5, 0.6) is 0 Å². The minimum absolute atomic E-state index is 0.229. The van der Waals surface area contributed by atoms with Crippen molar-refractivity contribution >= 4 is 5.91 Å². The highest BCUT2D eigenvalue weighted by atomic mass is 16.2. The number of piperidine rings is 1. The Morgan fingerprint density at radius 2 is 1.57 bits per heavy atom. The van der Waals surface area contributed by atoms with E-state index in [2.05, 4.69) is 33.9 Å². The molecule has 5 nitrogen and oxygen atoms in total. The summed E-state index contributed by atoms with van der Waals surface area (Å²) in [6, 6.07) is 1.27. The van der Waals surface area contributed by atoms with E-state index in [0.717, 1.165) is 51.0 Å². The molecule has 0 aromatic heterocycles. The zero-order valence-corrected chi connectivity index (χ0v) is 15.0. The summed E-state index contributed by atoms with van der Waals surface area (Å²) in [4.78, 5) is 19.7. The number of nitrogens with zero attached hydrogens (tertiary/aromatic N) is 3. The summed E-state index contributed by atoms with van der Waals surface area (Å²) in [6.45, 7) is 12.9. The van der Waals surface area contributed by atoms with Gasteiger partial charge in [-0.25, -0.2) is 0 Å². The van der Waals surface area contributed by atoms with Crippen LogP contribution in [-0.2, 0) is 4.79 Å². The molecule has 3 fully saturated rings. The molecular weight excluding hydrogens is 288 g/mol. The first-order chi connectivity index (χ1) is 11.1. The van der Waals surface area contributed by atoms with E-state index in [1.165, 1.54) is 32.5 Å². The van der Waals surface area contributed by atoms with Gasteiger partial charge in [0, 0.05) is 57.9 Å². The Morgan fingerprint density at radius 3 is 2.13 bits per heavy atom. The van der Waals surface area contributed by atoms with E-state index < -0.39 is 0 Å². The first kappa shape index (κ1) is 17.2. The Bertz CT molecular complexity index is 380. The number of carbonyl (C=O) groups is 1. The maximum Gasteiger partial charge on any atom is 0.234 e. The highest BCUT2D eigenvalue weighted by Crippen LogP contribution is 2.29. The first-order valence-electron chi connectivity index (χ1n) is 9.58. The summed E-state index contributed by atoms with van der Waals surface area (Å²) in [5, 5.41) is 3.27. The van der Waals surface area contributed by atoms with Gasteiger partial charge in [-0.15, -0.1) is 0 Å². The van der Waals surface area contributed by atoms with Crippen molar-refractivity contribution in [2.24, 2.45) is 5.92 Å². The van der Waals surface area contributed by atoms with Crippen LogP contribution in [0.25, 0.3) is 0 Å². The molecular formula is C18H34N4O. The fourth-order valence-electron chi connectivity index (χ4n) is 3.97. The number of rotatable bonds is 6. The van der Waals surface area contributed by atoms with Crippen LogP contribution >= 0.6 is 0 Å². The molecule has 1 aliphatic carbocycles. The summed E-state index contributed by atoms with van der Waals surface area (Å²) in [7, 11) is 0. The standard InChI is InChI=1S/C18H34N4O/c1-15(2)13-20-9-11-21(12-10-20)14-18(23)19-16-5-7-22(8-6-16)17-3-4-17/h15-17H,3-14H2,1-2H3,(H,19,23). The fourth-order valence-corrected chi connectivity index (χ4v) is 3.97. The molecule has 1 N–H and O–H groups in total. The van der Waals surface area contributed by atoms with Gasteiger partial charge in [0.05, 0.1) is 6.54 Å². The van der Waals surface area contributed by atoms with Gasteiger partial charge in [-0.3, -0.25) is 9.69 Å². The average molecular weight is 322 g/mol. The zero-order valence-electron chi connectivity index (χ0n) is 15.0. The topological polar surface area (TPSA) is 38.8 Å². The highest BCUT2D eigenvalue weighted by Gasteiger charge is 2.32. The van der Waals surface area contributed by atoms with Crippen molar-refractivity contribution in [3.63, 3.8) is 0 Å². The third-order valence-electron chi connectivity index (χ3n) is 5.41. The first-order valence-corrected chi connectivity index (χ1v) is 9.58. The molecule has 2 saturated heterocycles. The van der Waals surface area contributed by atoms with Crippen LogP contribution in [0.2, 0.25) is 0 Å². The van der Waals surface area contributed by atoms with E-state index in [-0.39, 0.29) is 5.91 Å². The van der Waals surface area contributed by atoms with E-state index in [1.54, 1.807) is 0 Å². The van der Waals surface area contributed by atoms with Crippen LogP contribution in [0.4, 0.5) is 0 Å². The lowest BCUT2D eigenvalue weighted by atomic mass is 10.0. The highest BCUT2D eigenvalue weighted by molar-refractivity contribution is 5.78. The average Bonchev–Trinajstić information content (AvgIpc) is 3.34. The number of likely N-dealkylation sites (tertiary alicyclic amines) is 1. The molecule has 5 heteroatoms. The van der Waals surface area contributed by atoms with Gasteiger partial charge in [0.15, 0.2) is 0 Å². The van der Waals surface area contributed by atoms with Gasteiger partial charge in [0.2, 0.25) is 5.91 Å². The Labute approximate surface area is 141 Å². The van der Waals surface area contributed by atoms with E-state index in [4.69, 9.17) is 0 Å². The number of amides is 1. The maximum atomic E-state index is 12.3. The second-order valence-corrected chi connectivity index (χ2v) is 8.08. The minimum atomic E-state index is 0.229. The smallest absolute Gasteiger partial charge is 0.234 e. The van der Waals surface area contributed by atoms with Crippen molar-refractivity contribution in [1.29, 1.82) is 0 Å². The van der Waals surface area contributed by atoms with Crippen LogP contribution in [0.15, 0.2) is 0 Å². The van der Waals surface area contributed by atoms with Crippen molar-refractivity contribution in [3.8, 4) is 0 Å². The summed E-state index contributed by atoms with van der Waals surface area (Å²) >= 11 is 0. The molecule has 3 rings (SSSR count). The van der Waals surface area contributed by atoms with Crippen molar-refractivity contribution in [1.82, 2.24) is 20.0 Å². The van der Waals surface area contributed by atoms with Crippen LogP contribution < -0.4 is 5.32 Å². The monoisotopic (exact) mass is 322 g/mol. The summed E-state index contributed by atoms with van der Waals surface area (Å²) < 4.78 is 0. The third-order valence-corrected chi connectivity index (χ3v) is 5.41. The van der Waals surface area contributed by atoms with Crippen molar-refractivity contribution in [3.05, 3.63) is 0 Å². The molecule has 1 saturated carbocycles. The number of carbonyl (C=O) groups excluding carboxylic acids is 1. The molecule has 0 bridgehead atoms. The Morgan fingerprint density at radius 1 is 0.957 bits per heavy atom. The minimum Gasteiger partial charge on any atom is -0.352 e. The van der Waals surface area contributed by atoms with Gasteiger partial charge in [-0.2, -0.15) is 0 Å². The Hall–Kier alpha value is -0.650. The molecule has 0 atom stereocenters. The normalized spacial score (nSPS) is 25.9. The molecule has 0 radical (unpaired) electrons. The number of nitrogens with one attached hydrogen (secondary N) is 1. The van der Waals surface area contributed by atoms with Gasteiger partial charge >= 0.3 is 0 Å². The van der Waals surface area contributed by atoms with Crippen LogP contribution in [0.1, 0.15) is 39.5 Å². The van der Waals surface area contributed by atoms with Crippen molar-refractivity contribution in [2.45, 2.75) is 51.6 Å². The van der Waals surface area contributed by atoms with Gasteiger partial charge in [0.1, 0.15) is 0 Å². The predicted molar refractivity (Wildman–Crippen MR) is 93.5 cm³/mol. The quantitative estimate of drug-likeness (QED) is 0.792. The van der Waals surface area contributed by atoms with Crippen molar-refractivity contribution in [2.75, 3.05) is 52.4 Å².